The molecule has 0 saturated carbocycles. The topological polar surface area (TPSA) is 148 Å². The number of thiophene rings is 1. The van der Waals surface area contributed by atoms with E-state index in [2.05, 4.69) is 20.6 Å². The van der Waals surface area contributed by atoms with E-state index >= 15 is 0 Å². The molecule has 13 heteroatoms. The SMILES string of the molecule is Cc1c(-c2cccc(OC3CCN(S(=O)(=O)Cc4ccccc4)CC3)c2)sc(-c2nn[nH]n2)c1OCC(=O)O. The molecule has 0 amide bonds. The first kappa shape index (κ1) is 26.8. The summed E-state index contributed by atoms with van der Waals surface area (Å²) in [5.41, 5.74) is 2.40. The van der Waals surface area contributed by atoms with Crippen LogP contribution in [0.4, 0.5) is 0 Å². The van der Waals surface area contributed by atoms with Crippen molar-refractivity contribution in [3.63, 3.8) is 0 Å². The zero-order valence-corrected chi connectivity index (χ0v) is 22.7. The van der Waals surface area contributed by atoms with Crippen molar-refractivity contribution in [3.05, 3.63) is 65.7 Å². The Balaban J connectivity index is 1.28. The number of nitrogens with zero attached hydrogens (tertiary/aromatic N) is 4. The summed E-state index contributed by atoms with van der Waals surface area (Å²) in [4.78, 5) is 12.6. The molecule has 0 bridgehead atoms. The maximum Gasteiger partial charge on any atom is 0.341 e. The number of benzene rings is 2. The number of hydrogen-bond donors (Lipinski definition) is 2. The molecular weight excluding hydrogens is 542 g/mol. The van der Waals surface area contributed by atoms with Crippen molar-refractivity contribution in [2.24, 2.45) is 0 Å². The predicted octanol–water partition coefficient (Wildman–Crippen LogP) is 3.74. The number of aromatic nitrogens is 4. The van der Waals surface area contributed by atoms with Gasteiger partial charge in [0.2, 0.25) is 15.8 Å². The minimum absolute atomic E-state index is 0.00834. The summed E-state index contributed by atoms with van der Waals surface area (Å²) in [5, 5.41) is 23.2. The highest BCUT2D eigenvalue weighted by molar-refractivity contribution is 7.88. The predicted molar refractivity (Wildman–Crippen MR) is 145 cm³/mol. The van der Waals surface area contributed by atoms with E-state index < -0.39 is 22.6 Å². The number of H-pyrrole nitrogens is 1. The number of tetrazole rings is 1. The van der Waals surface area contributed by atoms with Crippen LogP contribution in [0.5, 0.6) is 11.5 Å². The molecule has 2 N–H and O–H groups in total. The highest BCUT2D eigenvalue weighted by Crippen LogP contribution is 2.46. The van der Waals surface area contributed by atoms with E-state index in [-0.39, 0.29) is 11.9 Å². The standard InChI is InChI=1S/C26H27N5O6S2/c1-17-23(36-15-22(32)33)25(26-27-29-30-28-26)38-24(17)19-8-5-9-21(14-19)37-20-10-12-31(13-11-20)39(34,35)16-18-6-3-2-4-7-18/h2-9,14,20H,10-13,15-16H2,1H3,(H,32,33)(H,27,28,29,30). The summed E-state index contributed by atoms with van der Waals surface area (Å²) in [6, 6.07) is 16.8. The zero-order chi connectivity index (χ0) is 27.4. The third-order valence-corrected chi connectivity index (χ3v) is 9.53. The van der Waals surface area contributed by atoms with Crippen LogP contribution in [0, 0.1) is 6.92 Å². The summed E-state index contributed by atoms with van der Waals surface area (Å²) in [5.74, 6) is 0.284. The normalized spacial score (nSPS) is 14.8. The van der Waals surface area contributed by atoms with Gasteiger partial charge in [-0.25, -0.2) is 17.5 Å². The molecule has 11 nitrogen and oxygen atoms in total. The average Bonchev–Trinajstić information content (AvgIpc) is 3.56. The monoisotopic (exact) mass is 569 g/mol. The number of rotatable bonds is 10. The number of carbonyl (C=O) groups is 1. The van der Waals surface area contributed by atoms with Crippen molar-refractivity contribution in [1.82, 2.24) is 24.9 Å². The fraction of sp³-hybridized carbons (Fsp3) is 0.308. The van der Waals surface area contributed by atoms with E-state index in [0.29, 0.717) is 48.1 Å². The summed E-state index contributed by atoms with van der Waals surface area (Å²) >= 11 is 1.38. The number of aromatic amines is 1. The maximum absolute atomic E-state index is 12.9. The molecule has 5 rings (SSSR count). The number of piperidine rings is 1. The van der Waals surface area contributed by atoms with E-state index in [9.17, 15) is 13.2 Å². The second kappa shape index (κ2) is 11.5. The summed E-state index contributed by atoms with van der Waals surface area (Å²) in [6.07, 6.45) is 1.06. The second-order valence-corrected chi connectivity index (χ2v) is 12.1. The lowest BCUT2D eigenvalue weighted by molar-refractivity contribution is -0.139. The molecule has 1 aliphatic heterocycles. The molecule has 0 spiro atoms. The van der Waals surface area contributed by atoms with E-state index in [1.807, 2.05) is 61.5 Å². The molecule has 1 saturated heterocycles. The molecule has 0 radical (unpaired) electrons. The Morgan fingerprint density at radius 2 is 1.90 bits per heavy atom. The van der Waals surface area contributed by atoms with Crippen LogP contribution in [0.1, 0.15) is 24.0 Å². The fourth-order valence-electron chi connectivity index (χ4n) is 4.49. The van der Waals surface area contributed by atoms with Crippen molar-refractivity contribution in [2.45, 2.75) is 31.6 Å². The zero-order valence-electron chi connectivity index (χ0n) is 21.1. The third kappa shape index (κ3) is 6.27. The Labute approximate surface area is 229 Å². The van der Waals surface area contributed by atoms with E-state index in [1.54, 1.807) is 4.31 Å². The Bertz CT molecular complexity index is 1530. The van der Waals surface area contributed by atoms with Gasteiger partial charge in [-0.05, 0) is 48.2 Å². The molecular formula is C26H27N5O6S2. The van der Waals surface area contributed by atoms with Crippen LogP contribution in [0.2, 0.25) is 0 Å². The Hall–Kier alpha value is -3.81. The molecule has 2 aromatic heterocycles. The van der Waals surface area contributed by atoms with Gasteiger partial charge in [-0.3, -0.25) is 0 Å². The lowest BCUT2D eigenvalue weighted by Gasteiger charge is -2.31. The largest absolute Gasteiger partial charge is 0.490 e. The molecule has 0 aliphatic carbocycles. The minimum Gasteiger partial charge on any atom is -0.490 e. The Morgan fingerprint density at radius 3 is 2.59 bits per heavy atom. The second-order valence-electron chi connectivity index (χ2n) is 9.12. The molecule has 1 fully saturated rings. The highest BCUT2D eigenvalue weighted by Gasteiger charge is 2.29. The fourth-order valence-corrected chi connectivity index (χ4v) is 7.23. The molecule has 2 aromatic carbocycles. The van der Waals surface area contributed by atoms with Crippen LogP contribution >= 0.6 is 11.3 Å². The van der Waals surface area contributed by atoms with Crippen molar-refractivity contribution in [3.8, 4) is 32.6 Å². The van der Waals surface area contributed by atoms with Crippen molar-refractivity contribution < 1.29 is 27.8 Å². The molecule has 1 aliphatic rings. The maximum atomic E-state index is 12.9. The summed E-state index contributed by atoms with van der Waals surface area (Å²) < 4.78 is 39.2. The van der Waals surface area contributed by atoms with Gasteiger partial charge in [-0.2, -0.15) is 5.21 Å². The lowest BCUT2D eigenvalue weighted by atomic mass is 10.1. The van der Waals surface area contributed by atoms with E-state index in [4.69, 9.17) is 14.6 Å². The summed E-state index contributed by atoms with van der Waals surface area (Å²) in [6.45, 7) is 2.17. The van der Waals surface area contributed by atoms with Crippen molar-refractivity contribution >= 4 is 27.3 Å². The summed E-state index contributed by atoms with van der Waals surface area (Å²) in [7, 11) is -3.40. The quantitative estimate of drug-likeness (QED) is 0.291. The number of ether oxygens (including phenoxy) is 2. The first-order chi connectivity index (χ1) is 18.8. The molecule has 4 aromatic rings. The minimum atomic E-state index is -3.40. The molecule has 204 valence electrons. The highest BCUT2D eigenvalue weighted by atomic mass is 32.2. The van der Waals surface area contributed by atoms with Gasteiger partial charge in [0.25, 0.3) is 0 Å². The van der Waals surface area contributed by atoms with Crippen molar-refractivity contribution in [1.29, 1.82) is 0 Å². The number of sulfonamides is 1. The smallest absolute Gasteiger partial charge is 0.341 e. The van der Waals surface area contributed by atoms with Gasteiger partial charge in [0, 0.05) is 23.5 Å². The third-order valence-electron chi connectivity index (χ3n) is 6.37. The van der Waals surface area contributed by atoms with Crippen LogP contribution in [0.3, 0.4) is 0 Å². The first-order valence-electron chi connectivity index (χ1n) is 12.3. The van der Waals surface area contributed by atoms with Gasteiger partial charge in [0.15, 0.2) is 6.61 Å². The van der Waals surface area contributed by atoms with Gasteiger partial charge in [0.1, 0.15) is 22.5 Å². The van der Waals surface area contributed by atoms with Gasteiger partial charge in [0.05, 0.1) is 5.75 Å². The van der Waals surface area contributed by atoms with E-state index in [0.717, 1.165) is 21.6 Å². The number of carboxylic acids is 1. The van der Waals surface area contributed by atoms with Gasteiger partial charge >= 0.3 is 5.97 Å². The number of nitrogens with one attached hydrogen (secondary N) is 1. The average molecular weight is 570 g/mol. The van der Waals surface area contributed by atoms with Crippen molar-refractivity contribution in [2.75, 3.05) is 19.7 Å². The van der Waals surface area contributed by atoms with Crippen LogP contribution < -0.4 is 9.47 Å². The van der Waals surface area contributed by atoms with E-state index in [1.165, 1.54) is 11.3 Å². The van der Waals surface area contributed by atoms with Crippen LogP contribution in [-0.2, 0) is 20.6 Å². The molecule has 0 atom stereocenters. The molecule has 39 heavy (non-hydrogen) atoms. The molecule has 3 heterocycles. The van der Waals surface area contributed by atoms with Crippen LogP contribution in [0.25, 0.3) is 21.1 Å². The Kier molecular flexibility index (Phi) is 7.91. The number of hydrogen-bond acceptors (Lipinski definition) is 9. The van der Waals surface area contributed by atoms with Gasteiger partial charge < -0.3 is 14.6 Å². The Morgan fingerprint density at radius 1 is 1.13 bits per heavy atom. The van der Waals surface area contributed by atoms with Gasteiger partial charge in [-0.15, -0.1) is 21.5 Å². The van der Waals surface area contributed by atoms with Gasteiger partial charge in [-0.1, -0.05) is 42.5 Å². The number of carboxylic acid groups (broad SMARTS) is 1. The lowest BCUT2D eigenvalue weighted by Crippen LogP contribution is -2.42. The first-order valence-corrected chi connectivity index (χ1v) is 14.7. The molecule has 0 unspecified atom stereocenters. The van der Waals surface area contributed by atoms with Crippen LogP contribution in [-0.4, -0.2) is 70.2 Å². The van der Waals surface area contributed by atoms with Crippen LogP contribution in [0.15, 0.2) is 54.6 Å². The number of aliphatic carboxylic acids is 1.